The topological polar surface area (TPSA) is 42.0 Å². The van der Waals surface area contributed by atoms with Crippen molar-refractivity contribution >= 4 is 5.91 Å². The molecule has 0 aliphatic carbocycles. The van der Waals surface area contributed by atoms with Crippen LogP contribution < -0.4 is 9.47 Å². The predicted octanol–water partition coefficient (Wildman–Crippen LogP) is 2.50. The van der Waals surface area contributed by atoms with E-state index in [0.717, 1.165) is 49.7 Å². The first kappa shape index (κ1) is 16.1. The summed E-state index contributed by atoms with van der Waals surface area (Å²) in [6.45, 7) is 8.51. The van der Waals surface area contributed by atoms with E-state index in [1.807, 2.05) is 23.1 Å². The van der Waals surface area contributed by atoms with Gasteiger partial charge in [-0.1, -0.05) is 19.9 Å². The minimum absolute atomic E-state index is 0.249. The zero-order chi connectivity index (χ0) is 16.2. The van der Waals surface area contributed by atoms with Crippen molar-refractivity contribution in [3.8, 4) is 11.5 Å². The van der Waals surface area contributed by atoms with Gasteiger partial charge in [0.2, 0.25) is 12.7 Å². The lowest BCUT2D eigenvalue weighted by Crippen LogP contribution is -2.44. The standard InChI is InChI=1S/C18H26N2O3/c1-3-19(12-18(21)20-8-4-5-14(2)10-20)11-15-6-7-16-17(9-15)23-13-22-16/h6-7,9,14H,3-5,8,10-13H2,1-2H3. The Balaban J connectivity index is 1.58. The fraction of sp³-hybridized carbons (Fsp3) is 0.611. The van der Waals surface area contributed by atoms with Gasteiger partial charge in [-0.15, -0.1) is 0 Å². The second kappa shape index (κ2) is 7.21. The summed E-state index contributed by atoms with van der Waals surface area (Å²) in [6, 6.07) is 6.00. The number of carbonyl (C=O) groups excluding carboxylic acids is 1. The summed E-state index contributed by atoms with van der Waals surface area (Å²) < 4.78 is 10.8. The lowest BCUT2D eigenvalue weighted by Gasteiger charge is -2.32. The quantitative estimate of drug-likeness (QED) is 0.836. The molecule has 3 rings (SSSR count). The van der Waals surface area contributed by atoms with Crippen molar-refractivity contribution in [2.45, 2.75) is 33.2 Å². The maximum absolute atomic E-state index is 12.5. The van der Waals surface area contributed by atoms with Crippen LogP contribution in [0.3, 0.4) is 0 Å². The Morgan fingerprint density at radius 2 is 2.17 bits per heavy atom. The van der Waals surface area contributed by atoms with Crippen molar-refractivity contribution in [3.05, 3.63) is 23.8 Å². The number of piperidine rings is 1. The van der Waals surface area contributed by atoms with E-state index in [2.05, 4.69) is 18.7 Å². The minimum atomic E-state index is 0.249. The van der Waals surface area contributed by atoms with Crippen molar-refractivity contribution < 1.29 is 14.3 Å². The number of likely N-dealkylation sites (N-methyl/N-ethyl adjacent to an activating group) is 1. The van der Waals surface area contributed by atoms with Gasteiger partial charge in [0, 0.05) is 19.6 Å². The molecule has 23 heavy (non-hydrogen) atoms. The Kier molecular flexibility index (Phi) is 5.06. The van der Waals surface area contributed by atoms with Crippen molar-refractivity contribution in [1.82, 2.24) is 9.80 Å². The van der Waals surface area contributed by atoms with Crippen LogP contribution in [-0.4, -0.2) is 48.7 Å². The Hall–Kier alpha value is -1.75. The van der Waals surface area contributed by atoms with Gasteiger partial charge in [-0.3, -0.25) is 9.69 Å². The third-order valence-electron chi connectivity index (χ3n) is 4.66. The number of carbonyl (C=O) groups is 1. The number of fused-ring (bicyclic) bond motifs is 1. The van der Waals surface area contributed by atoms with Crippen molar-refractivity contribution in [3.63, 3.8) is 0 Å². The molecule has 2 aliphatic heterocycles. The van der Waals surface area contributed by atoms with Gasteiger partial charge < -0.3 is 14.4 Å². The van der Waals surface area contributed by atoms with Crippen LogP contribution in [0.25, 0.3) is 0 Å². The predicted molar refractivity (Wildman–Crippen MR) is 88.5 cm³/mol. The largest absolute Gasteiger partial charge is 0.454 e. The zero-order valence-corrected chi connectivity index (χ0v) is 14.1. The van der Waals surface area contributed by atoms with Crippen LogP contribution >= 0.6 is 0 Å². The molecule has 1 aromatic carbocycles. The molecule has 0 spiro atoms. The van der Waals surface area contributed by atoms with E-state index in [1.54, 1.807) is 0 Å². The highest BCUT2D eigenvalue weighted by molar-refractivity contribution is 5.78. The Bertz CT molecular complexity index is 561. The molecule has 1 saturated heterocycles. The highest BCUT2D eigenvalue weighted by Crippen LogP contribution is 2.32. The number of hydrogen-bond donors (Lipinski definition) is 0. The smallest absolute Gasteiger partial charge is 0.236 e. The fourth-order valence-electron chi connectivity index (χ4n) is 3.28. The van der Waals surface area contributed by atoms with Crippen LogP contribution in [-0.2, 0) is 11.3 Å². The molecule has 1 unspecified atom stereocenters. The highest BCUT2D eigenvalue weighted by atomic mass is 16.7. The molecule has 1 atom stereocenters. The SMILES string of the molecule is CCN(CC(=O)N1CCCC(C)C1)Cc1ccc2c(c1)OCO2. The van der Waals surface area contributed by atoms with E-state index in [9.17, 15) is 4.79 Å². The minimum Gasteiger partial charge on any atom is -0.454 e. The van der Waals surface area contributed by atoms with Gasteiger partial charge in [0.15, 0.2) is 11.5 Å². The Morgan fingerprint density at radius 1 is 1.35 bits per heavy atom. The van der Waals surface area contributed by atoms with Crippen LogP contribution in [0.4, 0.5) is 0 Å². The van der Waals surface area contributed by atoms with E-state index in [-0.39, 0.29) is 5.91 Å². The maximum Gasteiger partial charge on any atom is 0.236 e. The van der Waals surface area contributed by atoms with Gasteiger partial charge in [0.25, 0.3) is 0 Å². The second-order valence-corrected chi connectivity index (χ2v) is 6.58. The summed E-state index contributed by atoms with van der Waals surface area (Å²) in [5, 5.41) is 0. The molecule has 1 aromatic rings. The lowest BCUT2D eigenvalue weighted by molar-refractivity contribution is -0.134. The summed E-state index contributed by atoms with van der Waals surface area (Å²) >= 11 is 0. The lowest BCUT2D eigenvalue weighted by atomic mass is 10.0. The van der Waals surface area contributed by atoms with E-state index in [4.69, 9.17) is 9.47 Å². The number of hydrogen-bond acceptors (Lipinski definition) is 4. The van der Waals surface area contributed by atoms with Crippen LogP contribution in [0, 0.1) is 5.92 Å². The molecular weight excluding hydrogens is 292 g/mol. The Labute approximate surface area is 138 Å². The molecule has 1 amide bonds. The number of ether oxygens (including phenoxy) is 2. The average molecular weight is 318 g/mol. The van der Waals surface area contributed by atoms with Gasteiger partial charge in [-0.2, -0.15) is 0 Å². The monoisotopic (exact) mass is 318 g/mol. The van der Waals surface area contributed by atoms with Gasteiger partial charge in [-0.25, -0.2) is 0 Å². The first-order chi connectivity index (χ1) is 11.2. The van der Waals surface area contributed by atoms with E-state index in [0.29, 0.717) is 19.3 Å². The van der Waals surface area contributed by atoms with E-state index >= 15 is 0 Å². The molecular formula is C18H26N2O3. The molecule has 5 nitrogen and oxygen atoms in total. The Morgan fingerprint density at radius 3 is 2.96 bits per heavy atom. The molecule has 0 radical (unpaired) electrons. The third-order valence-corrected chi connectivity index (χ3v) is 4.66. The van der Waals surface area contributed by atoms with Crippen molar-refractivity contribution in [2.24, 2.45) is 5.92 Å². The van der Waals surface area contributed by atoms with Gasteiger partial charge in [-0.05, 0) is 43.0 Å². The summed E-state index contributed by atoms with van der Waals surface area (Å²) in [5.74, 6) is 2.47. The molecule has 2 heterocycles. The van der Waals surface area contributed by atoms with Crippen LogP contribution in [0.1, 0.15) is 32.3 Å². The normalized spacial score (nSPS) is 20.1. The number of benzene rings is 1. The molecule has 2 aliphatic rings. The van der Waals surface area contributed by atoms with Gasteiger partial charge >= 0.3 is 0 Å². The molecule has 5 heteroatoms. The van der Waals surface area contributed by atoms with E-state index in [1.165, 1.54) is 6.42 Å². The number of likely N-dealkylation sites (tertiary alicyclic amines) is 1. The number of amides is 1. The van der Waals surface area contributed by atoms with E-state index < -0.39 is 0 Å². The molecule has 0 aromatic heterocycles. The van der Waals surface area contributed by atoms with Crippen LogP contribution in [0.5, 0.6) is 11.5 Å². The molecule has 126 valence electrons. The summed E-state index contributed by atoms with van der Waals surface area (Å²) in [5.41, 5.74) is 1.15. The van der Waals surface area contributed by atoms with Gasteiger partial charge in [0.1, 0.15) is 0 Å². The molecule has 0 saturated carbocycles. The van der Waals surface area contributed by atoms with Gasteiger partial charge in [0.05, 0.1) is 6.54 Å². The van der Waals surface area contributed by atoms with Crippen molar-refractivity contribution in [2.75, 3.05) is 33.0 Å². The second-order valence-electron chi connectivity index (χ2n) is 6.58. The van der Waals surface area contributed by atoms with Crippen molar-refractivity contribution in [1.29, 1.82) is 0 Å². The number of rotatable bonds is 5. The van der Waals surface area contributed by atoms with Crippen LogP contribution in [0.2, 0.25) is 0 Å². The maximum atomic E-state index is 12.5. The summed E-state index contributed by atoms with van der Waals surface area (Å²) in [7, 11) is 0. The molecule has 1 fully saturated rings. The number of nitrogens with zero attached hydrogens (tertiary/aromatic N) is 2. The third kappa shape index (κ3) is 3.96. The highest BCUT2D eigenvalue weighted by Gasteiger charge is 2.22. The summed E-state index contributed by atoms with van der Waals surface area (Å²) in [6.07, 6.45) is 2.36. The zero-order valence-electron chi connectivity index (χ0n) is 14.1. The van der Waals surface area contributed by atoms with Crippen LogP contribution in [0.15, 0.2) is 18.2 Å². The average Bonchev–Trinajstić information content (AvgIpc) is 3.01. The summed E-state index contributed by atoms with van der Waals surface area (Å²) in [4.78, 5) is 16.7. The first-order valence-corrected chi connectivity index (χ1v) is 8.54. The molecule has 0 bridgehead atoms. The first-order valence-electron chi connectivity index (χ1n) is 8.54. The molecule has 0 N–H and O–H groups in total. The fourth-order valence-corrected chi connectivity index (χ4v) is 3.28.